The summed E-state index contributed by atoms with van der Waals surface area (Å²) in [6.07, 6.45) is 5.31. The first-order valence-electron chi connectivity index (χ1n) is 7.02. The highest BCUT2D eigenvalue weighted by atomic mass is 16.5. The Balaban J connectivity index is 2.15. The molecule has 20 heavy (non-hydrogen) atoms. The van der Waals surface area contributed by atoms with E-state index in [9.17, 15) is 9.59 Å². The van der Waals surface area contributed by atoms with Crippen molar-refractivity contribution in [3.05, 3.63) is 34.9 Å². The quantitative estimate of drug-likeness (QED) is 0.795. The van der Waals surface area contributed by atoms with E-state index in [1.165, 1.54) is 13.5 Å². The second-order valence-corrected chi connectivity index (χ2v) is 5.14. The normalized spacial score (nSPS) is 15.7. The number of carbonyl (C=O) groups is 2. The van der Waals surface area contributed by atoms with Crippen molar-refractivity contribution in [2.75, 3.05) is 7.11 Å². The highest BCUT2D eigenvalue weighted by Gasteiger charge is 2.21. The molecule has 1 fully saturated rings. The van der Waals surface area contributed by atoms with Gasteiger partial charge in [0, 0.05) is 0 Å². The summed E-state index contributed by atoms with van der Waals surface area (Å²) in [6, 6.07) is 5.02. The number of rotatable bonds is 3. The molecule has 4 heteroatoms. The van der Waals surface area contributed by atoms with Gasteiger partial charge in [0.1, 0.15) is 6.10 Å². The molecule has 0 unspecified atom stereocenters. The molecule has 0 N–H and O–H groups in total. The van der Waals surface area contributed by atoms with Gasteiger partial charge in [-0.1, -0.05) is 12.5 Å². The Labute approximate surface area is 119 Å². The highest BCUT2D eigenvalue weighted by Crippen LogP contribution is 2.23. The van der Waals surface area contributed by atoms with E-state index in [1.807, 2.05) is 0 Å². The fourth-order valence-corrected chi connectivity index (χ4v) is 2.59. The molecule has 0 heterocycles. The van der Waals surface area contributed by atoms with Gasteiger partial charge in [-0.05, 0) is 50.3 Å². The van der Waals surface area contributed by atoms with Gasteiger partial charge in [0.2, 0.25) is 0 Å². The van der Waals surface area contributed by atoms with Gasteiger partial charge in [-0.15, -0.1) is 0 Å². The molecule has 0 aliphatic heterocycles. The van der Waals surface area contributed by atoms with Crippen molar-refractivity contribution in [3.63, 3.8) is 0 Å². The summed E-state index contributed by atoms with van der Waals surface area (Å²) in [4.78, 5) is 23.8. The third kappa shape index (κ3) is 3.18. The van der Waals surface area contributed by atoms with E-state index in [-0.39, 0.29) is 12.1 Å². The van der Waals surface area contributed by atoms with Crippen molar-refractivity contribution in [3.8, 4) is 0 Å². The predicted octanol–water partition coefficient (Wildman–Crippen LogP) is 3.27. The lowest BCUT2D eigenvalue weighted by Gasteiger charge is -2.22. The molecular weight excluding hydrogens is 256 g/mol. The van der Waals surface area contributed by atoms with Gasteiger partial charge in [-0.2, -0.15) is 0 Å². The zero-order chi connectivity index (χ0) is 14.5. The van der Waals surface area contributed by atoms with Gasteiger partial charge >= 0.3 is 11.9 Å². The average Bonchev–Trinajstić information content (AvgIpc) is 2.47. The van der Waals surface area contributed by atoms with Crippen molar-refractivity contribution in [1.82, 2.24) is 0 Å². The fourth-order valence-electron chi connectivity index (χ4n) is 2.59. The summed E-state index contributed by atoms with van der Waals surface area (Å²) in [6.45, 7) is 1.74. The zero-order valence-electron chi connectivity index (χ0n) is 12.0. The summed E-state index contributed by atoms with van der Waals surface area (Å²) in [5.41, 5.74) is 1.46. The monoisotopic (exact) mass is 276 g/mol. The number of carbonyl (C=O) groups excluding carboxylic acids is 2. The Morgan fingerprint density at radius 3 is 2.25 bits per heavy atom. The van der Waals surface area contributed by atoms with E-state index < -0.39 is 5.97 Å². The van der Waals surface area contributed by atoms with Crippen molar-refractivity contribution in [1.29, 1.82) is 0 Å². The van der Waals surface area contributed by atoms with Gasteiger partial charge in [0.25, 0.3) is 0 Å². The van der Waals surface area contributed by atoms with Crippen LogP contribution >= 0.6 is 0 Å². The molecule has 1 aliphatic carbocycles. The van der Waals surface area contributed by atoms with Crippen molar-refractivity contribution in [2.24, 2.45) is 0 Å². The summed E-state index contributed by atoms with van der Waals surface area (Å²) in [7, 11) is 1.33. The largest absolute Gasteiger partial charge is 0.465 e. The molecule has 0 saturated heterocycles. The smallest absolute Gasteiger partial charge is 0.338 e. The molecule has 0 aromatic heterocycles. The molecule has 1 aliphatic rings. The van der Waals surface area contributed by atoms with Crippen LogP contribution in [-0.2, 0) is 9.47 Å². The summed E-state index contributed by atoms with van der Waals surface area (Å²) < 4.78 is 10.2. The minimum absolute atomic E-state index is 0.0115. The maximum Gasteiger partial charge on any atom is 0.338 e. The molecule has 0 atom stereocenters. The third-order valence-electron chi connectivity index (χ3n) is 3.78. The molecule has 1 aromatic rings. The summed E-state index contributed by atoms with van der Waals surface area (Å²) in [5.74, 6) is -0.782. The van der Waals surface area contributed by atoms with Crippen LogP contribution in [0.5, 0.6) is 0 Å². The number of esters is 2. The maximum atomic E-state index is 12.2. The molecule has 2 rings (SSSR count). The Bertz CT molecular complexity index is 501. The number of ether oxygens (including phenoxy) is 2. The lowest BCUT2D eigenvalue weighted by atomic mass is 9.97. The minimum Gasteiger partial charge on any atom is -0.465 e. The lowest BCUT2D eigenvalue weighted by Crippen LogP contribution is -2.22. The van der Waals surface area contributed by atoms with E-state index in [4.69, 9.17) is 9.47 Å². The highest BCUT2D eigenvalue weighted by molar-refractivity contribution is 5.97. The first kappa shape index (κ1) is 14.6. The van der Waals surface area contributed by atoms with Crippen molar-refractivity contribution < 1.29 is 19.1 Å². The Morgan fingerprint density at radius 1 is 1.05 bits per heavy atom. The second kappa shape index (κ2) is 6.55. The Morgan fingerprint density at radius 2 is 1.65 bits per heavy atom. The SMILES string of the molecule is COC(=O)c1cccc(C(=O)OC2CCCCC2)c1C. The number of hydrogen-bond acceptors (Lipinski definition) is 4. The van der Waals surface area contributed by atoms with Crippen LogP contribution in [0.3, 0.4) is 0 Å². The maximum absolute atomic E-state index is 12.2. The van der Waals surface area contributed by atoms with Gasteiger partial charge in [0.05, 0.1) is 18.2 Å². The molecule has 0 bridgehead atoms. The van der Waals surface area contributed by atoms with Gasteiger partial charge in [0.15, 0.2) is 0 Å². The van der Waals surface area contributed by atoms with Crippen molar-refractivity contribution >= 4 is 11.9 Å². The van der Waals surface area contributed by atoms with Gasteiger partial charge in [-0.3, -0.25) is 0 Å². The van der Waals surface area contributed by atoms with Crippen LogP contribution in [-0.4, -0.2) is 25.2 Å². The molecule has 0 spiro atoms. The second-order valence-electron chi connectivity index (χ2n) is 5.14. The fraction of sp³-hybridized carbons (Fsp3) is 0.500. The van der Waals surface area contributed by atoms with Crippen LogP contribution < -0.4 is 0 Å². The van der Waals surface area contributed by atoms with Crippen LogP contribution in [0.25, 0.3) is 0 Å². The van der Waals surface area contributed by atoms with Crippen LogP contribution in [0, 0.1) is 6.92 Å². The van der Waals surface area contributed by atoms with E-state index in [2.05, 4.69) is 0 Å². The van der Waals surface area contributed by atoms with Gasteiger partial charge < -0.3 is 9.47 Å². The van der Waals surface area contributed by atoms with Gasteiger partial charge in [-0.25, -0.2) is 9.59 Å². The van der Waals surface area contributed by atoms with Crippen LogP contribution in [0.4, 0.5) is 0 Å². The van der Waals surface area contributed by atoms with E-state index in [1.54, 1.807) is 25.1 Å². The van der Waals surface area contributed by atoms with Crippen molar-refractivity contribution in [2.45, 2.75) is 45.1 Å². The average molecular weight is 276 g/mol. The number of methoxy groups -OCH3 is 1. The third-order valence-corrected chi connectivity index (χ3v) is 3.78. The van der Waals surface area contributed by atoms with Crippen LogP contribution in [0.2, 0.25) is 0 Å². The molecule has 108 valence electrons. The first-order valence-corrected chi connectivity index (χ1v) is 7.02. The van der Waals surface area contributed by atoms with E-state index in [0.717, 1.165) is 25.7 Å². The van der Waals surface area contributed by atoms with Crippen LogP contribution in [0.15, 0.2) is 18.2 Å². The Kier molecular flexibility index (Phi) is 4.77. The van der Waals surface area contributed by atoms with E-state index >= 15 is 0 Å². The zero-order valence-corrected chi connectivity index (χ0v) is 12.0. The van der Waals surface area contributed by atoms with E-state index in [0.29, 0.717) is 16.7 Å². The molecule has 0 amide bonds. The number of hydrogen-bond donors (Lipinski definition) is 0. The molecule has 1 aromatic carbocycles. The molecule has 0 radical (unpaired) electrons. The standard InChI is InChI=1S/C16H20O4/c1-11-13(15(17)19-2)9-6-10-14(11)16(18)20-12-7-4-3-5-8-12/h6,9-10,12H,3-5,7-8H2,1-2H3. The predicted molar refractivity (Wildman–Crippen MR) is 74.8 cm³/mol. The molecule has 1 saturated carbocycles. The molecular formula is C16H20O4. The number of benzene rings is 1. The lowest BCUT2D eigenvalue weighted by molar-refractivity contribution is 0.0210. The van der Waals surface area contributed by atoms with Crippen LogP contribution in [0.1, 0.15) is 58.4 Å². The molecule has 4 nitrogen and oxygen atoms in total. The minimum atomic E-state index is -0.435. The summed E-state index contributed by atoms with van der Waals surface area (Å²) in [5, 5.41) is 0. The topological polar surface area (TPSA) is 52.6 Å². The first-order chi connectivity index (χ1) is 9.63. The Hall–Kier alpha value is -1.84. The summed E-state index contributed by atoms with van der Waals surface area (Å²) >= 11 is 0.